The van der Waals surface area contributed by atoms with Crippen molar-refractivity contribution in [1.82, 2.24) is 5.32 Å². The molecule has 0 spiro atoms. The van der Waals surface area contributed by atoms with E-state index < -0.39 is 0 Å². The maximum absolute atomic E-state index is 12.1. The smallest absolute Gasteiger partial charge is 0.224 e. The zero-order valence-corrected chi connectivity index (χ0v) is 12.9. The predicted molar refractivity (Wildman–Crippen MR) is 84.7 cm³/mol. The summed E-state index contributed by atoms with van der Waals surface area (Å²) in [5, 5.41) is 3.65. The zero-order valence-electron chi connectivity index (χ0n) is 12.1. The number of hydrogen-bond acceptors (Lipinski definition) is 2. The van der Waals surface area contributed by atoms with Crippen LogP contribution in [0.3, 0.4) is 0 Å². The van der Waals surface area contributed by atoms with E-state index in [2.05, 4.69) is 5.32 Å². The number of rotatable bonds is 5. The van der Waals surface area contributed by atoms with Crippen molar-refractivity contribution in [3.05, 3.63) is 64.7 Å². The summed E-state index contributed by atoms with van der Waals surface area (Å²) in [6.07, 6.45) is 0.339. The fourth-order valence-electron chi connectivity index (χ4n) is 2.07. The second kappa shape index (κ2) is 7.14. The molecule has 0 heterocycles. The van der Waals surface area contributed by atoms with Crippen molar-refractivity contribution in [3.8, 4) is 5.75 Å². The monoisotopic (exact) mass is 303 g/mol. The molecule has 0 fully saturated rings. The first kappa shape index (κ1) is 15.4. The van der Waals surface area contributed by atoms with Crippen molar-refractivity contribution in [2.24, 2.45) is 0 Å². The van der Waals surface area contributed by atoms with Gasteiger partial charge in [0.05, 0.1) is 19.6 Å². The lowest BCUT2D eigenvalue weighted by Crippen LogP contribution is -2.28. The highest BCUT2D eigenvalue weighted by molar-refractivity contribution is 6.30. The molecule has 1 amide bonds. The Balaban J connectivity index is 1.96. The van der Waals surface area contributed by atoms with Gasteiger partial charge in [-0.2, -0.15) is 0 Å². The molecule has 1 N–H and O–H groups in total. The summed E-state index contributed by atoms with van der Waals surface area (Å²) in [5.74, 6) is 0.763. The molecule has 0 unspecified atom stereocenters. The van der Waals surface area contributed by atoms with Crippen molar-refractivity contribution in [2.75, 3.05) is 7.11 Å². The number of amides is 1. The van der Waals surface area contributed by atoms with Crippen LogP contribution < -0.4 is 10.1 Å². The van der Waals surface area contributed by atoms with E-state index in [1.807, 2.05) is 43.3 Å². The van der Waals surface area contributed by atoms with Crippen LogP contribution in [-0.2, 0) is 11.2 Å². The molecule has 0 bridgehead atoms. The summed E-state index contributed by atoms with van der Waals surface area (Å²) in [6, 6.07) is 14.9. The molecule has 0 aliphatic heterocycles. The summed E-state index contributed by atoms with van der Waals surface area (Å²) in [4.78, 5) is 12.1. The molecule has 1 atom stereocenters. The number of benzene rings is 2. The molecule has 110 valence electrons. The van der Waals surface area contributed by atoms with Crippen molar-refractivity contribution < 1.29 is 9.53 Å². The van der Waals surface area contributed by atoms with Crippen LogP contribution in [-0.4, -0.2) is 13.0 Å². The van der Waals surface area contributed by atoms with Crippen molar-refractivity contribution in [2.45, 2.75) is 19.4 Å². The van der Waals surface area contributed by atoms with Crippen LogP contribution in [0.1, 0.15) is 24.1 Å². The Labute approximate surface area is 129 Å². The minimum atomic E-state index is -0.0695. The average molecular weight is 304 g/mol. The molecular weight excluding hydrogens is 286 g/mol. The number of methoxy groups -OCH3 is 1. The minimum absolute atomic E-state index is 0.0207. The van der Waals surface area contributed by atoms with E-state index >= 15 is 0 Å². The fourth-order valence-corrected chi connectivity index (χ4v) is 2.20. The highest BCUT2D eigenvalue weighted by Crippen LogP contribution is 2.19. The zero-order chi connectivity index (χ0) is 15.2. The summed E-state index contributed by atoms with van der Waals surface area (Å²) >= 11 is 5.83. The lowest BCUT2D eigenvalue weighted by Gasteiger charge is -2.15. The number of carbonyl (C=O) groups is 1. The van der Waals surface area contributed by atoms with E-state index in [1.54, 1.807) is 19.2 Å². The largest absolute Gasteiger partial charge is 0.497 e. The van der Waals surface area contributed by atoms with Crippen LogP contribution in [0.4, 0.5) is 0 Å². The van der Waals surface area contributed by atoms with Gasteiger partial charge in [0.15, 0.2) is 0 Å². The van der Waals surface area contributed by atoms with E-state index in [0.29, 0.717) is 11.4 Å². The Bertz CT molecular complexity index is 610. The minimum Gasteiger partial charge on any atom is -0.497 e. The first-order chi connectivity index (χ1) is 10.1. The molecule has 4 heteroatoms. The SMILES string of the molecule is COc1cccc([C@@H](C)NC(=O)Cc2ccc(Cl)cc2)c1. The van der Waals surface area contributed by atoms with E-state index in [-0.39, 0.29) is 11.9 Å². The number of hydrogen-bond donors (Lipinski definition) is 1. The number of carbonyl (C=O) groups excluding carboxylic acids is 1. The number of nitrogens with one attached hydrogen (secondary N) is 1. The third-order valence-electron chi connectivity index (χ3n) is 3.25. The maximum atomic E-state index is 12.1. The first-order valence-corrected chi connectivity index (χ1v) is 7.14. The van der Waals surface area contributed by atoms with E-state index in [4.69, 9.17) is 16.3 Å². The standard InChI is InChI=1S/C17H18ClNO2/c1-12(14-4-3-5-16(11-14)21-2)19-17(20)10-13-6-8-15(18)9-7-13/h3-9,11-12H,10H2,1-2H3,(H,19,20)/t12-/m1/s1. The molecule has 0 aliphatic carbocycles. The van der Waals surface area contributed by atoms with Crippen LogP contribution in [0.25, 0.3) is 0 Å². The quantitative estimate of drug-likeness (QED) is 0.913. The van der Waals surface area contributed by atoms with E-state index in [0.717, 1.165) is 16.9 Å². The molecule has 0 radical (unpaired) electrons. The van der Waals surface area contributed by atoms with Gasteiger partial charge < -0.3 is 10.1 Å². The van der Waals surface area contributed by atoms with E-state index in [9.17, 15) is 4.79 Å². The third-order valence-corrected chi connectivity index (χ3v) is 3.50. The fraction of sp³-hybridized carbons (Fsp3) is 0.235. The average Bonchev–Trinajstić information content (AvgIpc) is 2.49. The molecule has 0 aliphatic rings. The van der Waals surface area contributed by atoms with Gasteiger partial charge in [0, 0.05) is 5.02 Å². The van der Waals surface area contributed by atoms with Gasteiger partial charge in [0.2, 0.25) is 5.91 Å². The van der Waals surface area contributed by atoms with E-state index in [1.165, 1.54) is 0 Å². The van der Waals surface area contributed by atoms with Gasteiger partial charge in [-0.05, 0) is 42.3 Å². The van der Waals surface area contributed by atoms with Gasteiger partial charge in [-0.1, -0.05) is 35.9 Å². The molecule has 0 aromatic heterocycles. The Kier molecular flexibility index (Phi) is 5.23. The molecule has 2 aromatic rings. The second-order valence-corrected chi connectivity index (χ2v) is 5.31. The van der Waals surface area contributed by atoms with Crippen LogP contribution >= 0.6 is 11.6 Å². The summed E-state index contributed by atoms with van der Waals surface area (Å²) in [6.45, 7) is 1.95. The van der Waals surface area contributed by atoms with Gasteiger partial charge in [-0.15, -0.1) is 0 Å². The van der Waals surface area contributed by atoms with Gasteiger partial charge in [0.25, 0.3) is 0 Å². The van der Waals surface area contributed by atoms with Gasteiger partial charge in [-0.3, -0.25) is 4.79 Å². The van der Waals surface area contributed by atoms with Crippen LogP contribution in [0.15, 0.2) is 48.5 Å². The molecule has 0 saturated carbocycles. The summed E-state index contributed by atoms with van der Waals surface area (Å²) in [7, 11) is 1.63. The molecule has 2 rings (SSSR count). The predicted octanol–water partition coefficient (Wildman–Crippen LogP) is 3.77. The second-order valence-electron chi connectivity index (χ2n) is 4.87. The number of halogens is 1. The Morgan fingerprint density at radius 3 is 2.62 bits per heavy atom. The molecule has 21 heavy (non-hydrogen) atoms. The molecular formula is C17H18ClNO2. The van der Waals surface area contributed by atoms with Crippen molar-refractivity contribution in [3.63, 3.8) is 0 Å². The highest BCUT2D eigenvalue weighted by Gasteiger charge is 2.10. The van der Waals surface area contributed by atoms with Gasteiger partial charge >= 0.3 is 0 Å². The number of ether oxygens (including phenoxy) is 1. The maximum Gasteiger partial charge on any atom is 0.224 e. The van der Waals surface area contributed by atoms with Crippen LogP contribution in [0.5, 0.6) is 5.75 Å². The highest BCUT2D eigenvalue weighted by atomic mass is 35.5. The topological polar surface area (TPSA) is 38.3 Å². The van der Waals surface area contributed by atoms with Crippen LogP contribution in [0, 0.1) is 0 Å². The van der Waals surface area contributed by atoms with Gasteiger partial charge in [0.1, 0.15) is 5.75 Å². The first-order valence-electron chi connectivity index (χ1n) is 6.76. The molecule has 0 saturated heterocycles. The lowest BCUT2D eigenvalue weighted by atomic mass is 10.1. The lowest BCUT2D eigenvalue weighted by molar-refractivity contribution is -0.121. The normalized spacial score (nSPS) is 11.8. The Morgan fingerprint density at radius 2 is 1.95 bits per heavy atom. The Hall–Kier alpha value is -2.00. The summed E-state index contributed by atoms with van der Waals surface area (Å²) < 4.78 is 5.19. The van der Waals surface area contributed by atoms with Crippen molar-refractivity contribution in [1.29, 1.82) is 0 Å². The summed E-state index contributed by atoms with van der Waals surface area (Å²) in [5.41, 5.74) is 1.95. The molecule has 2 aromatic carbocycles. The van der Waals surface area contributed by atoms with Gasteiger partial charge in [-0.25, -0.2) is 0 Å². The Morgan fingerprint density at radius 1 is 1.24 bits per heavy atom. The third kappa shape index (κ3) is 4.50. The molecule has 3 nitrogen and oxygen atoms in total. The van der Waals surface area contributed by atoms with Crippen LogP contribution in [0.2, 0.25) is 5.02 Å². The van der Waals surface area contributed by atoms with Crippen molar-refractivity contribution >= 4 is 17.5 Å².